The maximum atomic E-state index is 13.1. The highest BCUT2D eigenvalue weighted by Gasteiger charge is 2.33. The van der Waals surface area contributed by atoms with Gasteiger partial charge in [0.25, 0.3) is 0 Å². The van der Waals surface area contributed by atoms with E-state index in [-0.39, 0.29) is 17.4 Å². The van der Waals surface area contributed by atoms with E-state index in [1.165, 1.54) is 35.2 Å². The topological polar surface area (TPSA) is 112 Å². The molecule has 6 aromatic rings. The fourth-order valence-corrected chi connectivity index (χ4v) is 8.50. The molecule has 6 nitrogen and oxygen atoms in total. The van der Waals surface area contributed by atoms with Crippen molar-refractivity contribution in [2.45, 2.75) is 0 Å². The fraction of sp³-hybridized carbons (Fsp3) is 0. The van der Waals surface area contributed by atoms with Gasteiger partial charge in [0.15, 0.2) is 0 Å². The number of rotatable bonds is 6. The molecule has 6 aromatic heterocycles. The molecule has 4 N–H and O–H groups in total. The van der Waals surface area contributed by atoms with E-state index in [4.69, 9.17) is 20.3 Å². The number of nitrogens with two attached hydrogens (primary N) is 2. The molecule has 7 rings (SSSR count). The van der Waals surface area contributed by atoms with Crippen LogP contribution in [0.5, 0.6) is 0 Å². The lowest BCUT2D eigenvalue weighted by Crippen LogP contribution is -2.11. The Morgan fingerprint density at radius 1 is 0.658 bits per heavy atom. The summed E-state index contributed by atoms with van der Waals surface area (Å²) < 4.78 is 10.9. The summed E-state index contributed by atoms with van der Waals surface area (Å²) in [7, 11) is 0. The third-order valence-electron chi connectivity index (χ3n) is 6.33. The Kier molecular flexibility index (Phi) is 5.38. The van der Waals surface area contributed by atoms with Gasteiger partial charge < -0.3 is 20.3 Å². The zero-order valence-electron chi connectivity index (χ0n) is 19.3. The van der Waals surface area contributed by atoms with E-state index < -0.39 is 0 Å². The number of hydrogen-bond donors (Lipinski definition) is 2. The van der Waals surface area contributed by atoms with E-state index in [2.05, 4.69) is 0 Å². The predicted molar refractivity (Wildman–Crippen MR) is 153 cm³/mol. The van der Waals surface area contributed by atoms with Crippen LogP contribution in [0, 0.1) is 0 Å². The van der Waals surface area contributed by atoms with E-state index in [0.29, 0.717) is 20.9 Å². The van der Waals surface area contributed by atoms with Crippen molar-refractivity contribution in [2.75, 3.05) is 0 Å². The summed E-state index contributed by atoms with van der Waals surface area (Å²) >= 11 is 5.91. The molecule has 0 fully saturated rings. The molecular formula is C28H16N2O4S4. The Balaban J connectivity index is 1.32. The minimum atomic E-state index is -0.0755. The molecule has 0 aliphatic heterocycles. The van der Waals surface area contributed by atoms with Gasteiger partial charge in [0, 0.05) is 37.6 Å². The van der Waals surface area contributed by atoms with E-state index in [9.17, 15) is 9.59 Å². The first-order valence-electron chi connectivity index (χ1n) is 11.3. The molecule has 0 bridgehead atoms. The molecule has 38 heavy (non-hydrogen) atoms. The minimum Gasteiger partial charge on any atom is -0.471 e. The smallest absolute Gasteiger partial charge is 0.206 e. The Hall–Kier alpha value is -3.96. The first kappa shape index (κ1) is 23.2. The summed E-state index contributed by atoms with van der Waals surface area (Å²) in [5.41, 5.74) is 17.5. The number of ketones is 2. The highest BCUT2D eigenvalue weighted by molar-refractivity contribution is 7.26. The van der Waals surface area contributed by atoms with Crippen LogP contribution in [0.2, 0.25) is 0 Å². The van der Waals surface area contributed by atoms with Gasteiger partial charge in [-0.05, 0) is 35.0 Å². The van der Waals surface area contributed by atoms with Crippen molar-refractivity contribution >= 4 is 62.5 Å². The van der Waals surface area contributed by atoms with Gasteiger partial charge >= 0.3 is 0 Å². The molecule has 0 radical (unpaired) electrons. The molecule has 0 atom stereocenters. The number of hydrogen-bond acceptors (Lipinski definition) is 10. The van der Waals surface area contributed by atoms with E-state index in [1.54, 1.807) is 47.3 Å². The normalized spacial score (nSPS) is 12.1. The van der Waals surface area contributed by atoms with Crippen molar-refractivity contribution in [1.29, 1.82) is 0 Å². The molecule has 6 heterocycles. The number of carbonyl (C=O) groups excluding carboxylic acids is 2. The SMILES string of the molecule is NC(N)=C1c2cc(-c3cocc3C(=O)c3cccs3)sc2-c2sc(-c3cocc3C(=O)c3cccs3)cc21. The summed E-state index contributed by atoms with van der Waals surface area (Å²) in [4.78, 5) is 31.3. The second kappa shape index (κ2) is 8.81. The van der Waals surface area contributed by atoms with Gasteiger partial charge in [-0.15, -0.1) is 45.3 Å². The van der Waals surface area contributed by atoms with Crippen LogP contribution in [0.3, 0.4) is 0 Å². The van der Waals surface area contributed by atoms with Gasteiger partial charge in [-0.25, -0.2) is 0 Å². The maximum Gasteiger partial charge on any atom is 0.206 e. The molecule has 0 aromatic carbocycles. The first-order chi connectivity index (χ1) is 18.5. The Labute approximate surface area is 232 Å². The number of carbonyl (C=O) groups is 2. The van der Waals surface area contributed by atoms with E-state index in [1.807, 2.05) is 35.0 Å². The summed E-state index contributed by atoms with van der Waals surface area (Å²) in [6.07, 6.45) is 6.20. The summed E-state index contributed by atoms with van der Waals surface area (Å²) in [6, 6.07) is 11.4. The van der Waals surface area contributed by atoms with Gasteiger partial charge in [-0.3, -0.25) is 9.59 Å². The van der Waals surface area contributed by atoms with E-state index >= 15 is 0 Å². The number of fused-ring (bicyclic) bond motifs is 3. The Morgan fingerprint density at radius 2 is 1.13 bits per heavy atom. The van der Waals surface area contributed by atoms with Crippen LogP contribution in [0.4, 0.5) is 0 Å². The summed E-state index contributed by atoms with van der Waals surface area (Å²) in [5.74, 6) is 0.0599. The van der Waals surface area contributed by atoms with Crippen LogP contribution >= 0.6 is 45.3 Å². The molecular weight excluding hydrogens is 557 g/mol. The van der Waals surface area contributed by atoms with Crippen molar-refractivity contribution in [1.82, 2.24) is 0 Å². The van der Waals surface area contributed by atoms with E-state index in [0.717, 1.165) is 47.3 Å². The Morgan fingerprint density at radius 3 is 1.53 bits per heavy atom. The minimum absolute atomic E-state index is 0.0755. The van der Waals surface area contributed by atoms with Gasteiger partial charge in [0.2, 0.25) is 11.6 Å². The second-order valence-corrected chi connectivity index (χ2v) is 12.5. The lowest BCUT2D eigenvalue weighted by molar-refractivity contribution is 0.103. The zero-order chi connectivity index (χ0) is 26.0. The van der Waals surface area contributed by atoms with Crippen molar-refractivity contribution in [3.05, 3.63) is 110 Å². The highest BCUT2D eigenvalue weighted by Crippen LogP contribution is 2.56. The quantitative estimate of drug-likeness (QED) is 0.199. The Bertz CT molecular complexity index is 1740. The van der Waals surface area contributed by atoms with Crippen molar-refractivity contribution in [2.24, 2.45) is 11.5 Å². The summed E-state index contributed by atoms with van der Waals surface area (Å²) in [5, 5.41) is 3.76. The maximum absolute atomic E-state index is 13.1. The van der Waals surface area contributed by atoms with Crippen molar-refractivity contribution in [3.8, 4) is 30.6 Å². The molecule has 1 aliphatic carbocycles. The van der Waals surface area contributed by atoms with Crippen LogP contribution in [-0.2, 0) is 0 Å². The van der Waals surface area contributed by atoms with Crippen LogP contribution in [-0.4, -0.2) is 11.6 Å². The molecule has 1 aliphatic rings. The van der Waals surface area contributed by atoms with Gasteiger partial charge in [0.1, 0.15) is 18.3 Å². The zero-order valence-corrected chi connectivity index (χ0v) is 22.6. The lowest BCUT2D eigenvalue weighted by Gasteiger charge is -2.03. The van der Waals surface area contributed by atoms with Crippen LogP contribution in [0.25, 0.3) is 36.2 Å². The third-order valence-corrected chi connectivity index (χ3v) is 10.6. The molecule has 0 amide bonds. The lowest BCUT2D eigenvalue weighted by atomic mass is 10.0. The largest absolute Gasteiger partial charge is 0.471 e. The average Bonchev–Trinajstić information content (AvgIpc) is 3.73. The van der Waals surface area contributed by atoms with Crippen LogP contribution in [0.15, 0.2) is 86.9 Å². The monoisotopic (exact) mass is 572 g/mol. The molecule has 186 valence electrons. The van der Waals surface area contributed by atoms with Crippen LogP contribution < -0.4 is 11.5 Å². The standard InChI is InChI=1S/C28H16N2O4S4/c29-28(30)23-13-7-21(15-9-33-11-17(15)24(31)19-3-1-5-35-19)37-26(13)27-14(23)8-22(38-27)16-10-34-12-18(16)25(32)20-4-2-6-36-20/h1-12H,29-30H2. The van der Waals surface area contributed by atoms with Gasteiger partial charge in [0.05, 0.1) is 43.2 Å². The molecule has 0 saturated carbocycles. The molecule has 10 heteroatoms. The molecule has 0 saturated heterocycles. The highest BCUT2D eigenvalue weighted by atomic mass is 32.1. The predicted octanol–water partition coefficient (Wildman–Crippen LogP) is 7.53. The van der Waals surface area contributed by atoms with Crippen LogP contribution in [0.1, 0.15) is 41.6 Å². The average molecular weight is 573 g/mol. The number of thiophene rings is 4. The van der Waals surface area contributed by atoms with Crippen molar-refractivity contribution < 1.29 is 18.4 Å². The molecule has 0 unspecified atom stereocenters. The van der Waals surface area contributed by atoms with Gasteiger partial charge in [-0.1, -0.05) is 12.1 Å². The molecule has 0 spiro atoms. The van der Waals surface area contributed by atoms with Crippen molar-refractivity contribution in [3.63, 3.8) is 0 Å². The second-order valence-electron chi connectivity index (χ2n) is 8.55. The third kappa shape index (κ3) is 3.49. The fourth-order valence-electron chi connectivity index (χ4n) is 4.62. The first-order valence-corrected chi connectivity index (χ1v) is 14.7. The summed E-state index contributed by atoms with van der Waals surface area (Å²) in [6.45, 7) is 0. The number of furan rings is 2. The van der Waals surface area contributed by atoms with Gasteiger partial charge in [-0.2, -0.15) is 0 Å².